The normalized spacial score (nSPS) is 18.0. The number of rotatable bonds is 5. The van der Waals surface area contributed by atoms with Gasteiger partial charge in [0.15, 0.2) is 11.7 Å². The maximum Gasteiger partial charge on any atom is 0.243 e. The number of morpholine rings is 1. The molecule has 3 aromatic rings. The lowest BCUT2D eigenvalue weighted by Gasteiger charge is -2.35. The highest BCUT2D eigenvalue weighted by Crippen LogP contribution is 2.25. The van der Waals surface area contributed by atoms with E-state index in [2.05, 4.69) is 25.0 Å². The van der Waals surface area contributed by atoms with Crippen molar-refractivity contribution >= 4 is 21.5 Å². The quantitative estimate of drug-likeness (QED) is 0.552. The van der Waals surface area contributed by atoms with Gasteiger partial charge in [0.05, 0.1) is 30.0 Å². The number of sulfonamides is 1. The lowest BCUT2D eigenvalue weighted by atomic mass is 10.2. The number of nitrogens with zero attached hydrogens (tertiary/aromatic N) is 6. The maximum absolute atomic E-state index is 13.2. The molecule has 2 saturated heterocycles. The topological polar surface area (TPSA) is 105 Å². The third kappa shape index (κ3) is 4.56. The van der Waals surface area contributed by atoms with Gasteiger partial charge < -0.3 is 19.0 Å². The zero-order chi connectivity index (χ0) is 22.8. The number of aryl methyl sites for hydroxylation is 1. The summed E-state index contributed by atoms with van der Waals surface area (Å²) in [7, 11) is -3.57. The van der Waals surface area contributed by atoms with E-state index in [0.29, 0.717) is 51.0 Å². The van der Waals surface area contributed by atoms with E-state index < -0.39 is 10.0 Å². The van der Waals surface area contributed by atoms with Gasteiger partial charge in [-0.15, -0.1) is 5.10 Å². The number of hydrogen-bond acceptors (Lipinski definition) is 9. The van der Waals surface area contributed by atoms with Gasteiger partial charge >= 0.3 is 0 Å². The smallest absolute Gasteiger partial charge is 0.243 e. The molecule has 10 nitrogen and oxygen atoms in total. The van der Waals surface area contributed by atoms with E-state index in [1.165, 1.54) is 4.31 Å². The number of aromatic nitrogens is 3. The second-order valence-corrected chi connectivity index (χ2v) is 9.98. The van der Waals surface area contributed by atoms with E-state index in [-0.39, 0.29) is 4.90 Å². The fraction of sp³-hybridized carbons (Fsp3) is 0.409. The summed E-state index contributed by atoms with van der Waals surface area (Å²) in [5.41, 5.74) is 2.46. The molecule has 2 aliphatic heterocycles. The van der Waals surface area contributed by atoms with Gasteiger partial charge in [0.25, 0.3) is 0 Å². The molecule has 0 radical (unpaired) electrons. The Hall–Kier alpha value is -3.02. The summed E-state index contributed by atoms with van der Waals surface area (Å²) in [6, 6.07) is 8.80. The summed E-state index contributed by atoms with van der Waals surface area (Å²) in [6.45, 7) is 6.70. The minimum Gasteiger partial charge on any atom is -0.449 e. The maximum atomic E-state index is 13.2. The average molecular weight is 471 g/mol. The molecule has 2 aliphatic rings. The fourth-order valence-electron chi connectivity index (χ4n) is 4.09. The lowest BCUT2D eigenvalue weighted by molar-refractivity contribution is 0.122. The predicted molar refractivity (Wildman–Crippen MR) is 123 cm³/mol. The molecule has 174 valence electrons. The van der Waals surface area contributed by atoms with Gasteiger partial charge in [-0.1, -0.05) is 12.1 Å². The van der Waals surface area contributed by atoms with E-state index in [1.54, 1.807) is 43.6 Å². The first-order chi connectivity index (χ1) is 16.0. The Balaban J connectivity index is 1.25. The van der Waals surface area contributed by atoms with Crippen LogP contribution in [0.3, 0.4) is 0 Å². The molecule has 0 atom stereocenters. The summed E-state index contributed by atoms with van der Waals surface area (Å²) >= 11 is 0. The van der Waals surface area contributed by atoms with Crippen molar-refractivity contribution in [1.29, 1.82) is 0 Å². The number of piperazine rings is 1. The van der Waals surface area contributed by atoms with Crippen LogP contribution in [0.2, 0.25) is 0 Å². The minimum absolute atomic E-state index is 0.278. The number of oxazole rings is 1. The molecule has 2 fully saturated rings. The van der Waals surface area contributed by atoms with Gasteiger partial charge in [0.1, 0.15) is 12.0 Å². The molecule has 4 heterocycles. The van der Waals surface area contributed by atoms with E-state index >= 15 is 0 Å². The molecule has 0 spiro atoms. The number of anilines is 2. The number of hydrogen-bond donors (Lipinski definition) is 0. The Labute approximate surface area is 192 Å². The summed E-state index contributed by atoms with van der Waals surface area (Å²) in [6.07, 6.45) is 3.30. The van der Waals surface area contributed by atoms with Crippen LogP contribution >= 0.6 is 0 Å². The zero-order valence-electron chi connectivity index (χ0n) is 18.4. The molecule has 1 aromatic carbocycles. The van der Waals surface area contributed by atoms with Crippen LogP contribution in [0, 0.1) is 6.92 Å². The van der Waals surface area contributed by atoms with Gasteiger partial charge in [-0.25, -0.2) is 13.4 Å². The second kappa shape index (κ2) is 9.08. The van der Waals surface area contributed by atoms with E-state index in [9.17, 15) is 8.42 Å². The summed E-state index contributed by atoms with van der Waals surface area (Å²) in [5.74, 6) is 1.40. The predicted octanol–water partition coefficient (Wildman–Crippen LogP) is 1.79. The average Bonchev–Trinajstić information content (AvgIpc) is 3.31. The first kappa shape index (κ1) is 21.8. The number of ether oxygens (including phenoxy) is 1. The van der Waals surface area contributed by atoms with Crippen LogP contribution < -0.4 is 9.80 Å². The van der Waals surface area contributed by atoms with Crippen molar-refractivity contribution in [3.8, 4) is 11.3 Å². The van der Waals surface area contributed by atoms with Crippen molar-refractivity contribution in [2.75, 3.05) is 62.3 Å². The van der Waals surface area contributed by atoms with Crippen molar-refractivity contribution in [1.82, 2.24) is 19.5 Å². The van der Waals surface area contributed by atoms with Crippen LogP contribution in [0.4, 0.5) is 11.5 Å². The molecule has 5 rings (SSSR count). The van der Waals surface area contributed by atoms with Crippen LogP contribution in [0.25, 0.3) is 11.3 Å². The highest BCUT2D eigenvalue weighted by Gasteiger charge is 2.29. The highest BCUT2D eigenvalue weighted by atomic mass is 32.2. The van der Waals surface area contributed by atoms with E-state index in [0.717, 1.165) is 30.2 Å². The summed E-state index contributed by atoms with van der Waals surface area (Å²) < 4.78 is 38.5. The lowest BCUT2D eigenvalue weighted by Crippen LogP contribution is -2.48. The Morgan fingerprint density at radius 1 is 0.939 bits per heavy atom. The third-order valence-electron chi connectivity index (χ3n) is 5.97. The Morgan fingerprint density at radius 2 is 1.67 bits per heavy atom. The zero-order valence-corrected chi connectivity index (χ0v) is 19.2. The largest absolute Gasteiger partial charge is 0.449 e. The van der Waals surface area contributed by atoms with Gasteiger partial charge in [-0.3, -0.25) is 0 Å². The molecule has 0 saturated carbocycles. The van der Waals surface area contributed by atoms with Crippen molar-refractivity contribution in [3.63, 3.8) is 0 Å². The fourth-order valence-corrected chi connectivity index (χ4v) is 5.52. The summed E-state index contributed by atoms with van der Waals surface area (Å²) in [5, 5.41) is 8.43. The van der Waals surface area contributed by atoms with Gasteiger partial charge in [0, 0.05) is 57.8 Å². The second-order valence-electron chi connectivity index (χ2n) is 8.04. The monoisotopic (exact) mass is 470 g/mol. The van der Waals surface area contributed by atoms with E-state index in [1.807, 2.05) is 6.07 Å². The molecule has 33 heavy (non-hydrogen) atoms. The van der Waals surface area contributed by atoms with Crippen molar-refractivity contribution < 1.29 is 17.6 Å². The van der Waals surface area contributed by atoms with Crippen LogP contribution in [0.15, 0.2) is 52.1 Å². The van der Waals surface area contributed by atoms with Gasteiger partial charge in [-0.05, 0) is 12.1 Å². The molecule has 0 unspecified atom stereocenters. The molecule has 2 aromatic heterocycles. The summed E-state index contributed by atoms with van der Waals surface area (Å²) in [4.78, 5) is 8.87. The Kier molecular flexibility index (Phi) is 6.00. The molecule has 0 amide bonds. The van der Waals surface area contributed by atoms with Gasteiger partial charge in [0.2, 0.25) is 10.0 Å². The van der Waals surface area contributed by atoms with Gasteiger partial charge in [-0.2, -0.15) is 9.40 Å². The Morgan fingerprint density at radius 3 is 2.33 bits per heavy atom. The van der Waals surface area contributed by atoms with Crippen LogP contribution in [0.5, 0.6) is 0 Å². The molecular weight excluding hydrogens is 444 g/mol. The molecule has 11 heteroatoms. The standard InChI is InChI=1S/C22H26N6O4S/c1-17-24-21(16-32-17)18-2-4-20(5-3-18)33(29,30)28-8-6-26(7-9-28)19-14-22(25-23-15-19)27-10-12-31-13-11-27/h2-5,14-16H,6-13H2,1H3. The van der Waals surface area contributed by atoms with Crippen molar-refractivity contribution in [2.24, 2.45) is 0 Å². The number of benzene rings is 1. The van der Waals surface area contributed by atoms with E-state index in [4.69, 9.17) is 9.15 Å². The Bertz CT molecular complexity index is 1200. The van der Waals surface area contributed by atoms with Crippen molar-refractivity contribution in [3.05, 3.63) is 48.7 Å². The van der Waals surface area contributed by atoms with Crippen LogP contribution in [0.1, 0.15) is 5.89 Å². The first-order valence-electron chi connectivity index (χ1n) is 10.9. The van der Waals surface area contributed by atoms with Crippen molar-refractivity contribution in [2.45, 2.75) is 11.8 Å². The SMILES string of the molecule is Cc1nc(-c2ccc(S(=O)(=O)N3CCN(c4cnnc(N5CCOCC5)c4)CC3)cc2)co1. The highest BCUT2D eigenvalue weighted by molar-refractivity contribution is 7.89. The molecule has 0 aliphatic carbocycles. The first-order valence-corrected chi connectivity index (χ1v) is 12.4. The third-order valence-corrected chi connectivity index (χ3v) is 7.89. The van der Waals surface area contributed by atoms with Crippen LogP contribution in [-0.2, 0) is 14.8 Å². The molecule has 0 N–H and O–H groups in total. The minimum atomic E-state index is -3.57. The van der Waals surface area contributed by atoms with Crippen LogP contribution in [-0.4, -0.2) is 80.4 Å². The molecule has 0 bridgehead atoms. The molecular formula is C22H26N6O4S.